The number of methoxy groups -OCH3 is 1. The molecule has 2 rings (SSSR count). The van der Waals surface area contributed by atoms with Gasteiger partial charge in [-0.25, -0.2) is 4.79 Å². The SMILES string of the molecule is COC(=O)C12CC(F)(F)C1=N2. The quantitative estimate of drug-likeness (QED) is 0.522. The van der Waals surface area contributed by atoms with Crippen LogP contribution in [-0.2, 0) is 9.53 Å². The summed E-state index contributed by atoms with van der Waals surface area (Å²) in [7, 11) is 1.17. The number of hydrogen-bond donors (Lipinski definition) is 0. The Morgan fingerprint density at radius 1 is 1.73 bits per heavy atom. The lowest BCUT2D eigenvalue weighted by atomic mass is 9.80. The molecule has 0 bridgehead atoms. The van der Waals surface area contributed by atoms with Gasteiger partial charge in [0, 0.05) is 0 Å². The summed E-state index contributed by atoms with van der Waals surface area (Å²) in [6, 6.07) is 0. The molecule has 0 spiro atoms. The number of esters is 1. The van der Waals surface area contributed by atoms with Crippen LogP contribution in [-0.4, -0.2) is 30.3 Å². The smallest absolute Gasteiger partial charge is 0.340 e. The lowest BCUT2D eigenvalue weighted by molar-refractivity contribution is -0.146. The fourth-order valence-electron chi connectivity index (χ4n) is 1.35. The van der Waals surface area contributed by atoms with Gasteiger partial charge in [-0.05, 0) is 0 Å². The summed E-state index contributed by atoms with van der Waals surface area (Å²) in [5.41, 5.74) is -1.55. The Hall–Kier alpha value is -1.00. The Labute approximate surface area is 61.1 Å². The van der Waals surface area contributed by atoms with E-state index >= 15 is 0 Å². The van der Waals surface area contributed by atoms with E-state index in [-0.39, 0.29) is 5.71 Å². The predicted molar refractivity (Wildman–Crippen MR) is 31.7 cm³/mol. The molecule has 1 saturated carbocycles. The highest BCUT2D eigenvalue weighted by atomic mass is 19.3. The van der Waals surface area contributed by atoms with E-state index in [1.165, 1.54) is 7.11 Å². The van der Waals surface area contributed by atoms with Crippen molar-refractivity contribution in [2.24, 2.45) is 4.99 Å². The molecule has 1 aliphatic heterocycles. The molecule has 2 aliphatic rings. The van der Waals surface area contributed by atoms with E-state index in [1.54, 1.807) is 0 Å². The lowest BCUT2D eigenvalue weighted by Gasteiger charge is -2.27. The second-order valence-electron chi connectivity index (χ2n) is 2.69. The summed E-state index contributed by atoms with van der Waals surface area (Å²) in [6.07, 6.45) is -0.512. The Morgan fingerprint density at radius 2 is 2.36 bits per heavy atom. The molecule has 11 heavy (non-hydrogen) atoms. The summed E-state index contributed by atoms with van der Waals surface area (Å²) in [6.45, 7) is 0. The van der Waals surface area contributed by atoms with Crippen molar-refractivity contribution in [3.8, 4) is 0 Å². The first kappa shape index (κ1) is 6.69. The largest absolute Gasteiger partial charge is 0.467 e. The number of carbonyl (C=O) groups excluding carboxylic acids is 1. The molecule has 1 aliphatic carbocycles. The van der Waals surface area contributed by atoms with E-state index in [1.807, 2.05) is 0 Å². The molecular weight excluding hydrogens is 156 g/mol. The zero-order chi connectivity index (χ0) is 8.28. The third-order valence-corrected chi connectivity index (χ3v) is 1.99. The number of halogens is 2. The van der Waals surface area contributed by atoms with Gasteiger partial charge < -0.3 is 4.74 Å². The van der Waals surface area contributed by atoms with Gasteiger partial charge >= 0.3 is 5.97 Å². The number of nitrogens with zero attached hydrogens (tertiary/aromatic N) is 1. The maximum absolute atomic E-state index is 12.4. The first-order chi connectivity index (χ1) is 5.03. The van der Waals surface area contributed by atoms with E-state index in [9.17, 15) is 13.6 Å². The molecule has 0 amide bonds. The van der Waals surface area contributed by atoms with Gasteiger partial charge in [-0.2, -0.15) is 8.78 Å². The van der Waals surface area contributed by atoms with Gasteiger partial charge in [-0.1, -0.05) is 0 Å². The molecule has 1 fully saturated rings. The average Bonchev–Trinajstić information content (AvgIpc) is 2.58. The third-order valence-electron chi connectivity index (χ3n) is 1.99. The van der Waals surface area contributed by atoms with Crippen molar-refractivity contribution in [3.63, 3.8) is 0 Å². The second-order valence-corrected chi connectivity index (χ2v) is 2.69. The standard InChI is InChI=1S/C6H5F2NO2/c1-11-4(10)5-2-6(7,8)3(5)9-5/h2H2,1H3. The van der Waals surface area contributed by atoms with E-state index in [0.29, 0.717) is 0 Å². The molecule has 0 aromatic carbocycles. The van der Waals surface area contributed by atoms with Crippen molar-refractivity contribution >= 4 is 11.7 Å². The first-order valence-electron chi connectivity index (χ1n) is 3.10. The molecule has 0 aromatic heterocycles. The predicted octanol–water partition coefficient (Wildman–Crippen LogP) is 0.392. The minimum Gasteiger partial charge on any atom is -0.467 e. The minimum absolute atomic E-state index is 0.308. The molecule has 1 heterocycles. The zero-order valence-electron chi connectivity index (χ0n) is 5.73. The zero-order valence-corrected chi connectivity index (χ0v) is 5.73. The van der Waals surface area contributed by atoms with Gasteiger partial charge in [-0.15, -0.1) is 0 Å². The Kier molecular flexibility index (Phi) is 0.876. The van der Waals surface area contributed by atoms with Crippen LogP contribution < -0.4 is 0 Å². The molecule has 1 atom stereocenters. The van der Waals surface area contributed by atoms with Crippen LogP contribution in [0.4, 0.5) is 8.78 Å². The van der Waals surface area contributed by atoms with Crippen LogP contribution in [0.5, 0.6) is 0 Å². The van der Waals surface area contributed by atoms with Gasteiger partial charge in [0.25, 0.3) is 5.92 Å². The van der Waals surface area contributed by atoms with Crippen molar-refractivity contribution in [2.45, 2.75) is 17.9 Å². The van der Waals surface area contributed by atoms with E-state index in [0.717, 1.165) is 0 Å². The van der Waals surface area contributed by atoms with Crippen LogP contribution in [0, 0.1) is 0 Å². The summed E-state index contributed by atoms with van der Waals surface area (Å²) in [4.78, 5) is 14.2. The van der Waals surface area contributed by atoms with E-state index in [2.05, 4.69) is 9.73 Å². The lowest BCUT2D eigenvalue weighted by Crippen LogP contribution is -2.53. The van der Waals surface area contributed by atoms with E-state index < -0.39 is 23.9 Å². The van der Waals surface area contributed by atoms with Crippen LogP contribution in [0.25, 0.3) is 0 Å². The number of fused-ring (bicyclic) bond motifs is 1. The molecular formula is C6H5F2NO2. The van der Waals surface area contributed by atoms with Crippen molar-refractivity contribution in [3.05, 3.63) is 0 Å². The van der Waals surface area contributed by atoms with Crippen LogP contribution >= 0.6 is 0 Å². The number of carbonyl (C=O) groups is 1. The van der Waals surface area contributed by atoms with Gasteiger partial charge in [0.1, 0.15) is 5.71 Å². The highest BCUT2D eigenvalue weighted by molar-refractivity contribution is 6.29. The molecule has 0 saturated heterocycles. The Bertz CT molecular complexity index is 274. The van der Waals surface area contributed by atoms with E-state index in [4.69, 9.17) is 0 Å². The number of ether oxygens (including phenoxy) is 1. The molecule has 0 aromatic rings. The van der Waals surface area contributed by atoms with Gasteiger partial charge in [-0.3, -0.25) is 4.99 Å². The summed E-state index contributed by atoms with van der Waals surface area (Å²) < 4.78 is 29.1. The molecule has 3 nitrogen and oxygen atoms in total. The monoisotopic (exact) mass is 161 g/mol. The van der Waals surface area contributed by atoms with Crippen LogP contribution in [0.2, 0.25) is 0 Å². The Morgan fingerprint density at radius 3 is 2.64 bits per heavy atom. The van der Waals surface area contributed by atoms with Gasteiger partial charge in [0.2, 0.25) is 5.54 Å². The van der Waals surface area contributed by atoms with Crippen molar-refractivity contribution < 1.29 is 18.3 Å². The normalized spacial score (nSPS) is 36.5. The van der Waals surface area contributed by atoms with Crippen LogP contribution in [0.1, 0.15) is 6.42 Å². The molecule has 5 heteroatoms. The minimum atomic E-state index is -2.85. The number of aliphatic imine (C=N–C) groups is 1. The van der Waals surface area contributed by atoms with Crippen molar-refractivity contribution in [2.75, 3.05) is 7.11 Å². The maximum atomic E-state index is 12.4. The third kappa shape index (κ3) is 0.562. The highest BCUT2D eigenvalue weighted by Gasteiger charge is 2.77. The maximum Gasteiger partial charge on any atom is 0.340 e. The average molecular weight is 161 g/mol. The molecule has 60 valence electrons. The molecule has 0 radical (unpaired) electrons. The highest BCUT2D eigenvalue weighted by Crippen LogP contribution is 2.55. The first-order valence-corrected chi connectivity index (χ1v) is 3.10. The second kappa shape index (κ2) is 1.44. The van der Waals surface area contributed by atoms with Gasteiger partial charge in [0.15, 0.2) is 0 Å². The van der Waals surface area contributed by atoms with Crippen molar-refractivity contribution in [1.29, 1.82) is 0 Å². The fraction of sp³-hybridized carbons (Fsp3) is 0.667. The summed E-state index contributed by atoms with van der Waals surface area (Å²) in [5, 5.41) is 0. The number of rotatable bonds is 1. The Balaban J connectivity index is 2.12. The van der Waals surface area contributed by atoms with Crippen molar-refractivity contribution in [1.82, 2.24) is 0 Å². The van der Waals surface area contributed by atoms with Gasteiger partial charge in [0.05, 0.1) is 13.5 Å². The number of hydrogen-bond acceptors (Lipinski definition) is 3. The number of alkyl halides is 2. The van der Waals surface area contributed by atoms with Crippen LogP contribution in [0.3, 0.4) is 0 Å². The topological polar surface area (TPSA) is 38.7 Å². The molecule has 0 N–H and O–H groups in total. The van der Waals surface area contributed by atoms with Crippen LogP contribution in [0.15, 0.2) is 4.99 Å². The summed E-state index contributed by atoms with van der Waals surface area (Å²) in [5.74, 6) is -3.52. The summed E-state index contributed by atoms with van der Waals surface area (Å²) >= 11 is 0. The molecule has 1 unspecified atom stereocenters. The fourth-order valence-corrected chi connectivity index (χ4v) is 1.35.